The second-order valence-corrected chi connectivity index (χ2v) is 13.7. The maximum Gasteiger partial charge on any atom is 0.359 e. The quantitative estimate of drug-likeness (QED) is 0.208. The zero-order valence-corrected chi connectivity index (χ0v) is 34.6. The van der Waals surface area contributed by atoms with Crippen molar-refractivity contribution in [2.45, 2.75) is 25.2 Å². The molecule has 328 valence electrons. The Balaban J connectivity index is 0.000000198. The van der Waals surface area contributed by atoms with Crippen LogP contribution < -0.4 is 30.3 Å². The standard InChI is InChI=1S/C21H17FN6O3.C12H8FN3O2.C9H11N3O2.ClH/c1-27-19-17(6-3-7-24-19)31-12-16(21(27)30)25-20(29)18-15(22)11-28(26-18)10-14-5-2-4-13(8-14)9-23;13-10-7-16(15-11(10)12(17)18)6-9-3-1-2-8(4-9)5-14;1-12-8-7(3-2-4-11-8)14-5-6(10)9(12)13;/h2-8,11,16H,10,12H2,1H3,(H,25,29);1-4,7H,6H2,(H,17,18);2-4,6H,5,10H2,1H3;1H/t16-;;6-;/m0.0./s1. The first-order valence-corrected chi connectivity index (χ1v) is 18.7. The molecule has 2 aliphatic rings. The van der Waals surface area contributed by atoms with Crippen LogP contribution in [0.1, 0.15) is 43.2 Å². The zero-order valence-electron chi connectivity index (χ0n) is 33.8. The van der Waals surface area contributed by atoms with Crippen molar-refractivity contribution in [3.63, 3.8) is 0 Å². The fraction of sp³-hybridized carbons (Fsp3) is 0.190. The molecule has 0 saturated carbocycles. The molecule has 6 heterocycles. The number of carboxylic acids is 1. The molecule has 8 rings (SSSR count). The smallest absolute Gasteiger partial charge is 0.359 e. The summed E-state index contributed by atoms with van der Waals surface area (Å²) in [6.07, 6.45) is 5.25. The number of fused-ring (bicyclic) bond motifs is 2. The molecule has 0 unspecified atom stereocenters. The minimum absolute atomic E-state index is 0. The lowest BCUT2D eigenvalue weighted by Gasteiger charge is -2.19. The van der Waals surface area contributed by atoms with Crippen LogP contribution in [-0.4, -0.2) is 97.7 Å². The van der Waals surface area contributed by atoms with Crippen LogP contribution in [-0.2, 0) is 22.7 Å². The van der Waals surface area contributed by atoms with Crippen LogP contribution in [0, 0.1) is 34.3 Å². The maximum atomic E-state index is 14.4. The first kappa shape index (κ1) is 46.8. The van der Waals surface area contributed by atoms with Gasteiger partial charge in [-0.1, -0.05) is 24.3 Å². The predicted octanol–water partition coefficient (Wildman–Crippen LogP) is 3.32. The lowest BCUT2D eigenvalue weighted by atomic mass is 10.1. The van der Waals surface area contributed by atoms with E-state index in [1.807, 2.05) is 12.1 Å². The van der Waals surface area contributed by atoms with Gasteiger partial charge >= 0.3 is 5.97 Å². The third-order valence-electron chi connectivity index (χ3n) is 9.20. The fourth-order valence-electron chi connectivity index (χ4n) is 6.12. The molecule has 0 spiro atoms. The summed E-state index contributed by atoms with van der Waals surface area (Å²) >= 11 is 0. The van der Waals surface area contributed by atoms with Gasteiger partial charge in [0, 0.05) is 26.5 Å². The molecule has 0 saturated heterocycles. The Kier molecular flexibility index (Phi) is 15.4. The number of carboxylic acid groups (broad SMARTS) is 1. The first-order chi connectivity index (χ1) is 30.3. The molecule has 4 N–H and O–H groups in total. The first-order valence-electron chi connectivity index (χ1n) is 18.7. The van der Waals surface area contributed by atoms with E-state index in [0.29, 0.717) is 34.3 Å². The van der Waals surface area contributed by atoms with E-state index in [0.717, 1.165) is 23.5 Å². The summed E-state index contributed by atoms with van der Waals surface area (Å²) in [6.45, 7) is 0.452. The molecular weight excluding hydrogens is 858 g/mol. The minimum Gasteiger partial charge on any atom is -0.488 e. The highest BCUT2D eigenvalue weighted by atomic mass is 35.5. The number of anilines is 2. The van der Waals surface area contributed by atoms with Crippen LogP contribution in [0.25, 0.3) is 0 Å². The molecule has 0 bridgehead atoms. The predicted molar refractivity (Wildman–Crippen MR) is 225 cm³/mol. The van der Waals surface area contributed by atoms with Crippen LogP contribution in [0.3, 0.4) is 0 Å². The molecule has 2 atom stereocenters. The summed E-state index contributed by atoms with van der Waals surface area (Å²) in [6, 6.07) is 22.8. The summed E-state index contributed by atoms with van der Waals surface area (Å²) in [5.74, 6) is -2.71. The molecule has 3 amide bonds. The molecule has 64 heavy (non-hydrogen) atoms. The third kappa shape index (κ3) is 11.2. The highest BCUT2D eigenvalue weighted by Crippen LogP contribution is 2.28. The highest BCUT2D eigenvalue weighted by Gasteiger charge is 2.33. The number of nitrogens with one attached hydrogen (secondary N) is 1. The Labute approximate surface area is 369 Å². The van der Waals surface area contributed by atoms with Gasteiger partial charge < -0.3 is 25.6 Å². The summed E-state index contributed by atoms with van der Waals surface area (Å²) in [5.41, 5.74) is 6.99. The lowest BCUT2D eigenvalue weighted by molar-refractivity contribution is -0.121. The number of hydrogen-bond acceptors (Lipinski definition) is 13. The molecule has 0 fully saturated rings. The number of hydrogen-bond donors (Lipinski definition) is 3. The van der Waals surface area contributed by atoms with Crippen molar-refractivity contribution in [2.75, 3.05) is 37.1 Å². The Morgan fingerprint density at radius 1 is 0.781 bits per heavy atom. The van der Waals surface area contributed by atoms with Gasteiger partial charge in [0.1, 0.15) is 25.3 Å². The van der Waals surface area contributed by atoms with E-state index in [2.05, 4.69) is 25.5 Å². The molecule has 22 heteroatoms. The topological polar surface area (TPSA) is 260 Å². The van der Waals surface area contributed by atoms with E-state index in [4.69, 9.17) is 30.8 Å². The van der Waals surface area contributed by atoms with Crippen LogP contribution in [0.4, 0.5) is 20.4 Å². The molecule has 4 aromatic heterocycles. The van der Waals surface area contributed by atoms with Gasteiger partial charge in [-0.2, -0.15) is 20.7 Å². The van der Waals surface area contributed by atoms with Crippen molar-refractivity contribution in [3.05, 3.63) is 143 Å². The number of nitrogens with zero attached hydrogens (tertiary/aromatic N) is 10. The third-order valence-corrected chi connectivity index (χ3v) is 9.20. The Morgan fingerprint density at radius 3 is 1.77 bits per heavy atom. The van der Waals surface area contributed by atoms with Crippen LogP contribution in [0.15, 0.2) is 97.6 Å². The van der Waals surface area contributed by atoms with E-state index < -0.39 is 52.9 Å². The van der Waals surface area contributed by atoms with Gasteiger partial charge in [0.2, 0.25) is 11.6 Å². The van der Waals surface area contributed by atoms with E-state index in [1.54, 1.807) is 86.0 Å². The highest BCUT2D eigenvalue weighted by molar-refractivity contribution is 6.02. The van der Waals surface area contributed by atoms with Gasteiger partial charge in [-0.25, -0.2) is 23.5 Å². The van der Waals surface area contributed by atoms with Crippen LogP contribution in [0.5, 0.6) is 11.5 Å². The summed E-state index contributed by atoms with van der Waals surface area (Å²) in [4.78, 5) is 58.5. The van der Waals surface area contributed by atoms with Gasteiger partial charge in [0.05, 0.1) is 48.7 Å². The van der Waals surface area contributed by atoms with Crippen molar-refractivity contribution in [3.8, 4) is 23.6 Å². The number of aromatic carboxylic acids is 1. The second-order valence-electron chi connectivity index (χ2n) is 13.7. The number of aromatic nitrogens is 6. The van der Waals surface area contributed by atoms with E-state index in [1.165, 1.54) is 32.4 Å². The van der Waals surface area contributed by atoms with E-state index >= 15 is 0 Å². The molecule has 6 aromatic rings. The largest absolute Gasteiger partial charge is 0.488 e. The minimum atomic E-state index is -1.41. The van der Waals surface area contributed by atoms with Crippen molar-refractivity contribution in [1.29, 1.82) is 10.5 Å². The average molecular weight is 895 g/mol. The summed E-state index contributed by atoms with van der Waals surface area (Å²) in [5, 5.41) is 36.5. The van der Waals surface area contributed by atoms with Crippen molar-refractivity contribution < 1.29 is 42.5 Å². The molecule has 2 aliphatic heterocycles. The summed E-state index contributed by atoms with van der Waals surface area (Å²) in [7, 11) is 3.16. The Bertz CT molecular complexity index is 2770. The number of amides is 3. The van der Waals surface area contributed by atoms with Gasteiger partial charge in [0.15, 0.2) is 40.5 Å². The number of carbonyl (C=O) groups is 4. The lowest BCUT2D eigenvalue weighted by Crippen LogP contribution is -2.49. The van der Waals surface area contributed by atoms with Crippen molar-refractivity contribution in [1.82, 2.24) is 34.8 Å². The van der Waals surface area contributed by atoms with Crippen molar-refractivity contribution >= 4 is 47.7 Å². The summed E-state index contributed by atoms with van der Waals surface area (Å²) < 4.78 is 41.0. The monoisotopic (exact) mass is 894 g/mol. The van der Waals surface area contributed by atoms with Crippen LogP contribution >= 0.6 is 12.4 Å². The van der Waals surface area contributed by atoms with Gasteiger partial charge in [-0.15, -0.1) is 12.4 Å². The molecule has 0 radical (unpaired) electrons. The normalized spacial score (nSPS) is 14.9. The fourth-order valence-corrected chi connectivity index (χ4v) is 6.12. The average Bonchev–Trinajstić information content (AvgIpc) is 3.80. The number of carbonyl (C=O) groups excluding carboxylic acids is 3. The number of nitrogens with two attached hydrogens (primary N) is 1. The molecule has 2 aromatic carbocycles. The number of ether oxygens (including phenoxy) is 2. The SMILES string of the molecule is CN1C(=O)[C@@H](N)COc2cccnc21.CN1C(=O)[C@@H](NC(=O)c2nn(Cc3cccc(C#N)c3)cc2F)COc2cccnc21.Cl.N#Cc1cccc(Cn2cc(F)c(C(=O)O)n2)c1. The Morgan fingerprint density at radius 2 is 1.27 bits per heavy atom. The van der Waals surface area contributed by atoms with Crippen molar-refractivity contribution in [2.24, 2.45) is 5.73 Å². The van der Waals surface area contributed by atoms with Gasteiger partial charge in [-0.3, -0.25) is 33.5 Å². The maximum absolute atomic E-state index is 14.4. The number of pyridine rings is 2. The Hall–Kier alpha value is -8.27. The molecule has 19 nitrogen and oxygen atoms in total. The van der Waals surface area contributed by atoms with E-state index in [9.17, 15) is 28.0 Å². The number of benzene rings is 2. The number of rotatable bonds is 7. The zero-order chi connectivity index (χ0) is 45.2. The van der Waals surface area contributed by atoms with Gasteiger partial charge in [-0.05, 0) is 59.7 Å². The molecular formula is C42H37ClF2N12O7. The van der Waals surface area contributed by atoms with Gasteiger partial charge in [0.25, 0.3) is 11.8 Å². The second kappa shape index (κ2) is 21.0. The number of halogens is 3. The van der Waals surface area contributed by atoms with E-state index in [-0.39, 0.29) is 44.6 Å². The van der Waals surface area contributed by atoms with Crippen LogP contribution in [0.2, 0.25) is 0 Å². The number of nitriles is 2. The molecule has 0 aliphatic carbocycles. The number of likely N-dealkylation sites (N-methyl/N-ethyl adjacent to an activating group) is 2.